The zero-order valence-corrected chi connectivity index (χ0v) is 47.2. The van der Waals surface area contributed by atoms with Crippen molar-refractivity contribution in [2.24, 2.45) is 5.73 Å². The monoisotopic (exact) mass is 1230 g/mol. The summed E-state index contributed by atoms with van der Waals surface area (Å²) in [5.41, 5.74) is 6.64. The van der Waals surface area contributed by atoms with Crippen molar-refractivity contribution >= 4 is 88.8 Å². The number of aromatic amines is 1. The molecule has 4 aromatic rings. The molecule has 0 spiro atoms. The van der Waals surface area contributed by atoms with Gasteiger partial charge in [0.1, 0.15) is 65.6 Å². The van der Waals surface area contributed by atoms with Gasteiger partial charge in [-0.2, -0.15) is 11.8 Å². The Bertz CT molecular complexity index is 3080. The Morgan fingerprint density at radius 1 is 0.460 bits per heavy atom. The van der Waals surface area contributed by atoms with Crippen LogP contribution in [0.2, 0.25) is 0 Å². The van der Waals surface area contributed by atoms with Crippen molar-refractivity contribution in [3.8, 4) is 17.2 Å². The average molecular weight is 1240 g/mol. The molecule has 4 rings (SSSR count). The number of carbonyl (C=O) groups is 13. The molecule has 0 unspecified atom stereocenters. The van der Waals surface area contributed by atoms with Crippen molar-refractivity contribution in [2.75, 3.05) is 25.1 Å². The number of hydrogen-bond acceptors (Lipinski definition) is 19. The Morgan fingerprint density at radius 2 is 0.805 bits per heavy atom. The third-order valence-corrected chi connectivity index (χ3v) is 13.2. The Hall–Kier alpha value is -10.3. The molecule has 0 aliphatic carbocycles. The number of aromatic hydroxyl groups is 3. The first-order valence-electron chi connectivity index (χ1n) is 26.3. The number of phenols is 3. The maximum absolute atomic E-state index is 14.3. The fraction of sp³-hybridized carbons (Fsp3) is 0.370. The van der Waals surface area contributed by atoms with Crippen LogP contribution in [0.1, 0.15) is 48.1 Å². The lowest BCUT2D eigenvalue weighted by atomic mass is 10.0. The highest BCUT2D eigenvalue weighted by molar-refractivity contribution is 7.98. The molecule has 0 aliphatic heterocycles. The van der Waals surface area contributed by atoms with Gasteiger partial charge in [-0.3, -0.25) is 57.5 Å². The van der Waals surface area contributed by atoms with Gasteiger partial charge in [-0.25, -0.2) is 9.78 Å². The van der Waals surface area contributed by atoms with Gasteiger partial charge >= 0.3 is 23.9 Å². The first kappa shape index (κ1) is 69.2. The Morgan fingerprint density at radius 3 is 1.17 bits per heavy atom. The minimum atomic E-state index is -2.08. The number of amides is 9. The number of phenolic OH excluding ortho intramolecular Hbond substituents is 3. The second-order valence-electron chi connectivity index (χ2n) is 19.3. The molecule has 0 saturated carbocycles. The van der Waals surface area contributed by atoms with Gasteiger partial charge in [0.15, 0.2) is 0 Å². The molecule has 1 aromatic heterocycles. The van der Waals surface area contributed by atoms with E-state index in [0.29, 0.717) is 11.3 Å². The number of nitrogens with two attached hydrogens (primary N) is 1. The summed E-state index contributed by atoms with van der Waals surface area (Å²) in [6.45, 7) is -1.49. The van der Waals surface area contributed by atoms with Crippen LogP contribution in [-0.2, 0) is 88.0 Å². The standard InChI is InChI=1S/C54H66N12O20S/c1-87-15-14-34(48(79)63-40(22-46(76)77)53(84)66-41(54(85)86)18-29-6-12-33(69)13-7-29)59-43(71)25-57-47(78)35(16-27-2-8-31(67)9-3-27)61-51(82)38(20-44(72)73)64-49(80)36(17-28-4-10-32(68)11-5-28)62-52(83)39(21-45(74)75)65-50(81)37(60-42(70)23-55)19-30-24-56-26-58-30/h2-13,24,26,34-41,67-69H,14-23,25,55H2,1H3,(H,56,58)(H,57,78)(H,59,71)(H,60,70)(H,61,82)(H,62,83)(H,63,79)(H,64,80)(H,65,81)(H,66,84)(H,72,73)(H,74,75)(H,76,77)(H,85,86)/t34-,35-,36-,37-,38-,39-,40-,41-/m0/s1. The smallest absolute Gasteiger partial charge is 0.326 e. The number of nitrogens with one attached hydrogen (secondary N) is 10. The molecule has 87 heavy (non-hydrogen) atoms. The molecule has 0 bridgehead atoms. The van der Waals surface area contributed by atoms with E-state index in [1.807, 2.05) is 0 Å². The number of hydrogen-bond donors (Lipinski definition) is 18. The van der Waals surface area contributed by atoms with Crippen molar-refractivity contribution in [1.82, 2.24) is 57.8 Å². The highest BCUT2D eigenvalue weighted by Gasteiger charge is 2.36. The van der Waals surface area contributed by atoms with Gasteiger partial charge in [-0.05, 0) is 71.5 Å². The van der Waals surface area contributed by atoms with Gasteiger partial charge in [0.25, 0.3) is 0 Å². The lowest BCUT2D eigenvalue weighted by Crippen LogP contribution is -2.60. The van der Waals surface area contributed by atoms with Crippen LogP contribution < -0.4 is 53.6 Å². The summed E-state index contributed by atoms with van der Waals surface area (Å²) in [7, 11) is 0. The molecule has 0 saturated heterocycles. The second kappa shape index (κ2) is 34.5. The van der Waals surface area contributed by atoms with E-state index in [1.165, 1.54) is 97.1 Å². The Labute approximate surface area is 498 Å². The van der Waals surface area contributed by atoms with Crippen molar-refractivity contribution in [3.05, 3.63) is 108 Å². The summed E-state index contributed by atoms with van der Waals surface area (Å²) in [4.78, 5) is 178. The lowest BCUT2D eigenvalue weighted by Gasteiger charge is -2.27. The topological polar surface area (TPSA) is 526 Å². The number of thioether (sulfide) groups is 1. The number of carboxylic acids is 4. The van der Waals surface area contributed by atoms with E-state index in [9.17, 15) is 98.1 Å². The highest BCUT2D eigenvalue weighted by Crippen LogP contribution is 2.16. The molecule has 3 aromatic carbocycles. The van der Waals surface area contributed by atoms with Crippen LogP contribution in [0.5, 0.6) is 17.2 Å². The van der Waals surface area contributed by atoms with Gasteiger partial charge in [-0.15, -0.1) is 0 Å². The van der Waals surface area contributed by atoms with Crippen LogP contribution in [0.15, 0.2) is 85.3 Å². The minimum Gasteiger partial charge on any atom is -0.508 e. The van der Waals surface area contributed by atoms with E-state index in [-0.39, 0.29) is 53.4 Å². The van der Waals surface area contributed by atoms with Crippen LogP contribution in [0.25, 0.3) is 0 Å². The summed E-state index contributed by atoms with van der Waals surface area (Å²) < 4.78 is 0. The van der Waals surface area contributed by atoms with Gasteiger partial charge in [0, 0.05) is 37.6 Å². The minimum absolute atomic E-state index is 0.119. The van der Waals surface area contributed by atoms with E-state index in [4.69, 9.17) is 5.73 Å². The predicted molar refractivity (Wildman–Crippen MR) is 303 cm³/mol. The molecule has 9 amide bonds. The SMILES string of the molecule is CSCC[C@H](NC(=O)CNC(=O)[C@H](Cc1ccc(O)cc1)NC(=O)[C@H](CC(=O)O)NC(=O)[C@H](Cc1ccc(O)cc1)NC(=O)[C@H](CC(=O)O)NC(=O)[C@H](Cc1cnc[nH]1)NC(=O)CN)C(=O)N[C@@H](CC(=O)O)C(=O)N[C@@H](Cc1ccc(O)cc1)C(=O)O. The van der Waals surface area contributed by atoms with Crippen LogP contribution in [-0.4, -0.2) is 196 Å². The average Bonchev–Trinajstić information content (AvgIpc) is 2.82. The summed E-state index contributed by atoms with van der Waals surface area (Å²) in [5.74, 6) is -16.9. The maximum atomic E-state index is 14.3. The molecular weight excluding hydrogens is 1170 g/mol. The number of benzene rings is 3. The summed E-state index contributed by atoms with van der Waals surface area (Å²) in [6, 6.07) is 1.55. The van der Waals surface area contributed by atoms with Gasteiger partial charge in [-0.1, -0.05) is 36.4 Å². The zero-order chi connectivity index (χ0) is 64.3. The van der Waals surface area contributed by atoms with E-state index in [1.54, 1.807) is 6.26 Å². The number of carboxylic acid groups (broad SMARTS) is 4. The van der Waals surface area contributed by atoms with Crippen LogP contribution in [0, 0.1) is 0 Å². The van der Waals surface area contributed by atoms with Crippen LogP contribution in [0.3, 0.4) is 0 Å². The number of rotatable bonds is 36. The fourth-order valence-electron chi connectivity index (χ4n) is 8.13. The molecule has 1 heterocycles. The third-order valence-electron chi connectivity index (χ3n) is 12.5. The number of nitrogens with zero attached hydrogens (tertiary/aromatic N) is 1. The van der Waals surface area contributed by atoms with Crippen molar-refractivity contribution in [3.63, 3.8) is 0 Å². The van der Waals surface area contributed by atoms with Crippen molar-refractivity contribution in [1.29, 1.82) is 0 Å². The molecule has 0 radical (unpaired) electrons. The Kier molecular flexibility index (Phi) is 27.4. The van der Waals surface area contributed by atoms with Gasteiger partial charge < -0.3 is 94.3 Å². The quantitative estimate of drug-likeness (QED) is 0.0206. The largest absolute Gasteiger partial charge is 0.508 e. The highest BCUT2D eigenvalue weighted by atomic mass is 32.2. The number of carbonyl (C=O) groups excluding carboxylic acids is 9. The first-order chi connectivity index (χ1) is 41.2. The number of H-pyrrole nitrogens is 1. The molecule has 468 valence electrons. The molecule has 0 aliphatic rings. The van der Waals surface area contributed by atoms with E-state index < -0.39 is 171 Å². The summed E-state index contributed by atoms with van der Waals surface area (Å²) in [5, 5.41) is 89.2. The molecular formula is C54H66N12O20S. The first-order valence-corrected chi connectivity index (χ1v) is 27.7. The summed E-state index contributed by atoms with van der Waals surface area (Å²) >= 11 is 1.22. The zero-order valence-electron chi connectivity index (χ0n) is 46.4. The molecule has 8 atom stereocenters. The Balaban J connectivity index is 1.56. The van der Waals surface area contributed by atoms with E-state index in [0.717, 1.165) is 0 Å². The van der Waals surface area contributed by atoms with Crippen LogP contribution >= 0.6 is 11.8 Å². The predicted octanol–water partition coefficient (Wildman–Crippen LogP) is -3.99. The molecule has 0 fully saturated rings. The van der Waals surface area contributed by atoms with Crippen LogP contribution in [0.4, 0.5) is 0 Å². The number of imidazole rings is 1. The van der Waals surface area contributed by atoms with Crippen molar-refractivity contribution in [2.45, 2.75) is 99.7 Å². The number of aromatic nitrogens is 2. The van der Waals surface area contributed by atoms with E-state index in [2.05, 4.69) is 57.8 Å². The van der Waals surface area contributed by atoms with E-state index >= 15 is 0 Å². The molecule has 19 N–H and O–H groups in total. The van der Waals surface area contributed by atoms with Crippen molar-refractivity contribution < 1.29 is 98.1 Å². The fourth-order valence-corrected chi connectivity index (χ4v) is 8.60. The lowest BCUT2D eigenvalue weighted by molar-refractivity contribution is -0.144. The summed E-state index contributed by atoms with van der Waals surface area (Å²) in [6.07, 6.45) is -0.619. The molecule has 33 heteroatoms. The van der Waals surface area contributed by atoms with Gasteiger partial charge in [0.2, 0.25) is 53.2 Å². The van der Waals surface area contributed by atoms with Gasteiger partial charge in [0.05, 0.1) is 38.7 Å². The second-order valence-corrected chi connectivity index (χ2v) is 20.3. The molecule has 32 nitrogen and oxygen atoms in total. The third kappa shape index (κ3) is 24.4. The maximum Gasteiger partial charge on any atom is 0.326 e. The normalized spacial score (nSPS) is 13.6. The number of aliphatic carboxylic acids is 4.